The van der Waals surface area contributed by atoms with Gasteiger partial charge in [0.05, 0.1) is 6.54 Å². The first-order valence-electron chi connectivity index (χ1n) is 5.37. The van der Waals surface area contributed by atoms with E-state index in [1.807, 2.05) is 6.20 Å². The van der Waals surface area contributed by atoms with E-state index in [1.165, 1.54) is 25.7 Å². The first kappa shape index (κ1) is 10.4. The van der Waals surface area contributed by atoms with Crippen molar-refractivity contribution in [2.75, 3.05) is 0 Å². The molecule has 1 aliphatic rings. The van der Waals surface area contributed by atoms with E-state index in [0.717, 1.165) is 10.9 Å². The van der Waals surface area contributed by atoms with Gasteiger partial charge in [0.1, 0.15) is 5.82 Å². The Bertz CT molecular complexity index is 303. The molecule has 0 saturated heterocycles. The molecule has 0 bridgehead atoms. The van der Waals surface area contributed by atoms with Crippen molar-refractivity contribution in [3.8, 4) is 0 Å². The van der Waals surface area contributed by atoms with Gasteiger partial charge in [0.25, 0.3) is 0 Å². The highest BCUT2D eigenvalue weighted by atomic mass is 32.1. The van der Waals surface area contributed by atoms with Crippen molar-refractivity contribution in [1.29, 1.82) is 0 Å². The second-order valence-corrected chi connectivity index (χ2v) is 4.25. The number of imidazole rings is 1. The SMILES string of the molecule is S=C(NCc1ncc[nH]1)NC1CCCC1. The Hall–Kier alpha value is -1.10. The van der Waals surface area contributed by atoms with Crippen LogP contribution in [0.25, 0.3) is 0 Å². The van der Waals surface area contributed by atoms with Gasteiger partial charge in [0.15, 0.2) is 5.11 Å². The molecule has 0 radical (unpaired) electrons. The maximum atomic E-state index is 5.20. The summed E-state index contributed by atoms with van der Waals surface area (Å²) in [5, 5.41) is 7.19. The number of aromatic amines is 1. The van der Waals surface area contributed by atoms with Crippen molar-refractivity contribution < 1.29 is 0 Å². The summed E-state index contributed by atoms with van der Waals surface area (Å²) in [6, 6.07) is 0.571. The Morgan fingerprint density at radius 3 is 3.00 bits per heavy atom. The first-order chi connectivity index (χ1) is 7.34. The van der Waals surface area contributed by atoms with Crippen molar-refractivity contribution in [3.05, 3.63) is 18.2 Å². The van der Waals surface area contributed by atoms with E-state index >= 15 is 0 Å². The fourth-order valence-electron chi connectivity index (χ4n) is 1.87. The molecule has 0 amide bonds. The molecule has 1 aromatic heterocycles. The van der Waals surface area contributed by atoms with Gasteiger partial charge in [-0.05, 0) is 25.1 Å². The molecule has 0 aromatic carbocycles. The van der Waals surface area contributed by atoms with E-state index in [9.17, 15) is 0 Å². The van der Waals surface area contributed by atoms with Crippen molar-refractivity contribution >= 4 is 17.3 Å². The summed E-state index contributed by atoms with van der Waals surface area (Å²) in [4.78, 5) is 7.14. The highest BCUT2D eigenvalue weighted by molar-refractivity contribution is 7.80. The minimum absolute atomic E-state index is 0.571. The Labute approximate surface area is 94.9 Å². The zero-order valence-electron chi connectivity index (χ0n) is 8.62. The zero-order chi connectivity index (χ0) is 10.5. The van der Waals surface area contributed by atoms with Gasteiger partial charge in [-0.25, -0.2) is 4.98 Å². The van der Waals surface area contributed by atoms with Gasteiger partial charge in [-0.2, -0.15) is 0 Å². The Kier molecular flexibility index (Phi) is 3.55. The summed E-state index contributed by atoms with van der Waals surface area (Å²) in [5.41, 5.74) is 0. The number of nitrogens with zero attached hydrogens (tertiary/aromatic N) is 1. The van der Waals surface area contributed by atoms with Crippen molar-refractivity contribution in [3.63, 3.8) is 0 Å². The number of aromatic nitrogens is 2. The largest absolute Gasteiger partial charge is 0.360 e. The summed E-state index contributed by atoms with van der Waals surface area (Å²) in [5.74, 6) is 0.908. The number of nitrogens with one attached hydrogen (secondary N) is 3. The normalized spacial score (nSPS) is 16.5. The minimum atomic E-state index is 0.571. The molecule has 0 spiro atoms. The van der Waals surface area contributed by atoms with Crippen LogP contribution >= 0.6 is 12.2 Å². The minimum Gasteiger partial charge on any atom is -0.360 e. The van der Waals surface area contributed by atoms with E-state index in [1.54, 1.807) is 6.20 Å². The molecule has 5 heteroatoms. The van der Waals surface area contributed by atoms with Crippen LogP contribution in [0.15, 0.2) is 12.4 Å². The Morgan fingerprint density at radius 2 is 2.33 bits per heavy atom. The molecule has 15 heavy (non-hydrogen) atoms. The highest BCUT2D eigenvalue weighted by Gasteiger charge is 2.15. The molecule has 0 aliphatic heterocycles. The molecule has 4 nitrogen and oxygen atoms in total. The zero-order valence-corrected chi connectivity index (χ0v) is 9.44. The van der Waals surface area contributed by atoms with Gasteiger partial charge < -0.3 is 15.6 Å². The number of H-pyrrole nitrogens is 1. The van der Waals surface area contributed by atoms with Crippen LogP contribution in [-0.2, 0) is 6.54 Å². The smallest absolute Gasteiger partial charge is 0.166 e. The first-order valence-corrected chi connectivity index (χ1v) is 5.78. The quantitative estimate of drug-likeness (QED) is 0.678. The van der Waals surface area contributed by atoms with Gasteiger partial charge in [0.2, 0.25) is 0 Å². The fourth-order valence-corrected chi connectivity index (χ4v) is 2.10. The summed E-state index contributed by atoms with van der Waals surface area (Å²) < 4.78 is 0. The second kappa shape index (κ2) is 5.11. The standard InChI is InChI=1S/C10H16N4S/c15-10(14-8-3-1-2-4-8)13-7-9-11-5-6-12-9/h5-6,8H,1-4,7H2,(H,11,12)(H2,13,14,15). The average Bonchev–Trinajstić information content (AvgIpc) is 2.86. The Balaban J connectivity index is 1.68. The molecule has 3 N–H and O–H groups in total. The molecule has 1 aliphatic carbocycles. The maximum absolute atomic E-state index is 5.20. The average molecular weight is 224 g/mol. The molecule has 1 heterocycles. The number of thiocarbonyl (C=S) groups is 1. The molecule has 82 valence electrons. The summed E-state index contributed by atoms with van der Waals surface area (Å²) in [6.07, 6.45) is 8.66. The van der Waals surface area contributed by atoms with E-state index in [0.29, 0.717) is 12.6 Å². The fraction of sp³-hybridized carbons (Fsp3) is 0.600. The van der Waals surface area contributed by atoms with Crippen molar-refractivity contribution in [1.82, 2.24) is 20.6 Å². The molecule has 1 fully saturated rings. The third-order valence-corrected chi connectivity index (χ3v) is 2.92. The summed E-state index contributed by atoms with van der Waals surface area (Å²) >= 11 is 5.20. The van der Waals surface area contributed by atoms with Crippen molar-refractivity contribution in [2.24, 2.45) is 0 Å². The Morgan fingerprint density at radius 1 is 1.53 bits per heavy atom. The molecule has 0 atom stereocenters. The van der Waals surface area contributed by atoms with Crippen molar-refractivity contribution in [2.45, 2.75) is 38.3 Å². The third-order valence-electron chi connectivity index (χ3n) is 2.66. The molecular weight excluding hydrogens is 208 g/mol. The van der Waals surface area contributed by atoms with E-state index < -0.39 is 0 Å². The number of hydrogen-bond acceptors (Lipinski definition) is 2. The van der Waals surface area contributed by atoms with E-state index in [2.05, 4.69) is 20.6 Å². The predicted molar refractivity (Wildman–Crippen MR) is 63.4 cm³/mol. The second-order valence-electron chi connectivity index (χ2n) is 3.84. The van der Waals surface area contributed by atoms with Gasteiger partial charge in [-0.1, -0.05) is 12.8 Å². The third kappa shape index (κ3) is 3.20. The summed E-state index contributed by atoms with van der Waals surface area (Å²) in [7, 11) is 0. The topological polar surface area (TPSA) is 52.7 Å². The van der Waals surface area contributed by atoms with E-state index in [4.69, 9.17) is 12.2 Å². The number of hydrogen-bond donors (Lipinski definition) is 3. The molecule has 1 aromatic rings. The lowest BCUT2D eigenvalue weighted by atomic mass is 10.3. The van der Waals surface area contributed by atoms with Gasteiger partial charge in [-0.15, -0.1) is 0 Å². The van der Waals surface area contributed by atoms with Crippen LogP contribution < -0.4 is 10.6 Å². The molecular formula is C10H16N4S. The summed E-state index contributed by atoms with van der Waals surface area (Å²) in [6.45, 7) is 0.658. The van der Waals surface area contributed by atoms with E-state index in [-0.39, 0.29) is 0 Å². The van der Waals surface area contributed by atoms with Crippen LogP contribution in [0.5, 0.6) is 0 Å². The van der Waals surface area contributed by atoms with Gasteiger partial charge in [0, 0.05) is 18.4 Å². The lowest BCUT2D eigenvalue weighted by Crippen LogP contribution is -2.40. The van der Waals surface area contributed by atoms with Crippen LogP contribution in [-0.4, -0.2) is 21.1 Å². The van der Waals surface area contributed by atoms with Gasteiger partial charge in [-0.3, -0.25) is 0 Å². The molecule has 1 saturated carbocycles. The predicted octanol–water partition coefficient (Wildman–Crippen LogP) is 1.32. The lowest BCUT2D eigenvalue weighted by molar-refractivity contribution is 0.619. The van der Waals surface area contributed by atoms with Crippen LogP contribution in [0.2, 0.25) is 0 Å². The highest BCUT2D eigenvalue weighted by Crippen LogP contribution is 2.17. The monoisotopic (exact) mass is 224 g/mol. The molecule has 0 unspecified atom stereocenters. The molecule has 2 rings (SSSR count). The number of rotatable bonds is 3. The van der Waals surface area contributed by atoms with Crippen LogP contribution in [0.4, 0.5) is 0 Å². The van der Waals surface area contributed by atoms with Gasteiger partial charge >= 0.3 is 0 Å². The lowest BCUT2D eigenvalue weighted by Gasteiger charge is -2.14. The van der Waals surface area contributed by atoms with Crippen LogP contribution in [0.1, 0.15) is 31.5 Å². The van der Waals surface area contributed by atoms with Crippen LogP contribution in [0.3, 0.4) is 0 Å². The maximum Gasteiger partial charge on any atom is 0.166 e. The van der Waals surface area contributed by atoms with Crippen LogP contribution in [0, 0.1) is 0 Å².